The molecular weight excluding hydrogens is 346 g/mol. The number of morpholine rings is 1. The van der Waals surface area contributed by atoms with Crippen molar-refractivity contribution in [3.8, 4) is 0 Å². The maximum Gasteiger partial charge on any atom is 0.410 e. The normalized spacial score (nSPS) is 25.6. The van der Waals surface area contributed by atoms with Crippen LogP contribution in [-0.4, -0.2) is 91.3 Å². The first-order chi connectivity index (χ1) is 13.1. The zero-order valence-corrected chi connectivity index (χ0v) is 15.8. The number of fused-ring (bicyclic) bond motifs is 1. The molecule has 146 valence electrons. The number of benzene rings is 1. The molecule has 3 aliphatic rings. The van der Waals surface area contributed by atoms with E-state index in [2.05, 4.69) is 4.90 Å². The van der Waals surface area contributed by atoms with E-state index in [1.165, 1.54) is 0 Å². The van der Waals surface area contributed by atoms with Gasteiger partial charge >= 0.3 is 6.09 Å². The molecule has 3 saturated heterocycles. The molecule has 3 heterocycles. The lowest BCUT2D eigenvalue weighted by Gasteiger charge is -2.28. The number of hydrogen-bond acceptors (Lipinski definition) is 5. The SMILES string of the molecule is Cc1cccc(C(=O)N2C[C@H]3OC(=O)N(CCCN4CCOCC4)[C@H]3C2)c1. The Morgan fingerprint density at radius 2 is 2.00 bits per heavy atom. The van der Waals surface area contributed by atoms with Crippen molar-refractivity contribution in [1.29, 1.82) is 0 Å². The molecule has 7 heteroatoms. The highest BCUT2D eigenvalue weighted by molar-refractivity contribution is 5.94. The van der Waals surface area contributed by atoms with Crippen molar-refractivity contribution < 1.29 is 19.1 Å². The summed E-state index contributed by atoms with van der Waals surface area (Å²) in [5.41, 5.74) is 1.76. The third-order valence-electron chi connectivity index (χ3n) is 5.65. The summed E-state index contributed by atoms with van der Waals surface area (Å²) < 4.78 is 10.9. The maximum atomic E-state index is 12.8. The quantitative estimate of drug-likeness (QED) is 0.780. The number of aryl methyl sites for hydroxylation is 1. The van der Waals surface area contributed by atoms with E-state index in [9.17, 15) is 9.59 Å². The summed E-state index contributed by atoms with van der Waals surface area (Å²) in [5, 5.41) is 0. The lowest BCUT2D eigenvalue weighted by atomic mass is 10.1. The monoisotopic (exact) mass is 373 g/mol. The fourth-order valence-electron chi connectivity index (χ4n) is 4.18. The van der Waals surface area contributed by atoms with Crippen LogP contribution in [0, 0.1) is 6.92 Å². The van der Waals surface area contributed by atoms with Crippen molar-refractivity contribution in [2.24, 2.45) is 0 Å². The molecule has 27 heavy (non-hydrogen) atoms. The number of amides is 2. The number of ether oxygens (including phenoxy) is 2. The molecule has 1 aromatic carbocycles. The van der Waals surface area contributed by atoms with Gasteiger partial charge < -0.3 is 14.4 Å². The summed E-state index contributed by atoms with van der Waals surface area (Å²) in [6.45, 7) is 8.10. The molecule has 3 aliphatic heterocycles. The molecule has 0 N–H and O–H groups in total. The van der Waals surface area contributed by atoms with E-state index in [-0.39, 0.29) is 24.1 Å². The van der Waals surface area contributed by atoms with Crippen molar-refractivity contribution in [3.05, 3.63) is 35.4 Å². The van der Waals surface area contributed by atoms with Crippen LogP contribution in [0.1, 0.15) is 22.3 Å². The van der Waals surface area contributed by atoms with Gasteiger partial charge in [-0.2, -0.15) is 0 Å². The zero-order valence-electron chi connectivity index (χ0n) is 15.8. The van der Waals surface area contributed by atoms with E-state index < -0.39 is 0 Å². The Morgan fingerprint density at radius 3 is 2.78 bits per heavy atom. The molecule has 0 aliphatic carbocycles. The van der Waals surface area contributed by atoms with Crippen molar-refractivity contribution in [2.45, 2.75) is 25.5 Å². The highest BCUT2D eigenvalue weighted by Crippen LogP contribution is 2.28. The molecule has 0 saturated carbocycles. The van der Waals surface area contributed by atoms with Crippen LogP contribution in [-0.2, 0) is 9.47 Å². The Morgan fingerprint density at radius 1 is 1.19 bits per heavy atom. The van der Waals surface area contributed by atoms with Crippen molar-refractivity contribution in [3.63, 3.8) is 0 Å². The molecule has 7 nitrogen and oxygen atoms in total. The second-order valence-electron chi connectivity index (χ2n) is 7.57. The maximum absolute atomic E-state index is 12.8. The van der Waals surface area contributed by atoms with Gasteiger partial charge in [0.2, 0.25) is 0 Å². The summed E-state index contributed by atoms with van der Waals surface area (Å²) in [5.74, 6) is 0.0115. The number of likely N-dealkylation sites (tertiary alicyclic amines) is 1. The fourth-order valence-corrected chi connectivity index (χ4v) is 4.18. The highest BCUT2D eigenvalue weighted by atomic mass is 16.6. The third-order valence-corrected chi connectivity index (χ3v) is 5.65. The topological polar surface area (TPSA) is 62.3 Å². The minimum Gasteiger partial charge on any atom is -0.442 e. The second kappa shape index (κ2) is 7.86. The van der Waals surface area contributed by atoms with Crippen LogP contribution in [0.4, 0.5) is 4.79 Å². The van der Waals surface area contributed by atoms with Crippen LogP contribution in [0.3, 0.4) is 0 Å². The van der Waals surface area contributed by atoms with E-state index in [1.54, 1.807) is 0 Å². The minimum absolute atomic E-state index is 0.0115. The summed E-state index contributed by atoms with van der Waals surface area (Å²) in [6.07, 6.45) is 0.453. The first-order valence-corrected chi connectivity index (χ1v) is 9.75. The summed E-state index contributed by atoms with van der Waals surface area (Å²) in [6, 6.07) is 7.60. The molecule has 1 aromatic rings. The van der Waals surface area contributed by atoms with Gasteiger partial charge in [0.05, 0.1) is 25.8 Å². The second-order valence-corrected chi connectivity index (χ2v) is 7.57. The first kappa shape index (κ1) is 18.3. The standard InChI is InChI=1S/C20H27N3O4/c1-15-4-2-5-16(12-15)19(24)22-13-17-18(14-22)27-20(25)23(17)7-3-6-21-8-10-26-11-9-21/h2,4-5,12,17-18H,3,6-11,13-14H2,1H3/t17-,18+/m0/s1. The van der Waals surface area contributed by atoms with E-state index >= 15 is 0 Å². The van der Waals surface area contributed by atoms with Crippen molar-refractivity contribution in [1.82, 2.24) is 14.7 Å². The van der Waals surface area contributed by atoms with Gasteiger partial charge in [-0.3, -0.25) is 14.6 Å². The van der Waals surface area contributed by atoms with Crippen LogP contribution in [0.2, 0.25) is 0 Å². The largest absolute Gasteiger partial charge is 0.442 e. The van der Waals surface area contributed by atoms with E-state index in [0.29, 0.717) is 25.2 Å². The Kier molecular flexibility index (Phi) is 5.31. The zero-order chi connectivity index (χ0) is 18.8. The number of rotatable bonds is 5. The molecule has 4 rings (SSSR count). The van der Waals surface area contributed by atoms with Crippen LogP contribution in [0.5, 0.6) is 0 Å². The number of hydrogen-bond donors (Lipinski definition) is 0. The number of nitrogens with zero attached hydrogens (tertiary/aromatic N) is 3. The Balaban J connectivity index is 1.33. The molecule has 2 amide bonds. The Bertz CT molecular complexity index is 704. The van der Waals surface area contributed by atoms with Crippen LogP contribution in [0.15, 0.2) is 24.3 Å². The predicted octanol–water partition coefficient (Wildman–Crippen LogP) is 1.36. The van der Waals surface area contributed by atoms with Gasteiger partial charge in [-0.1, -0.05) is 17.7 Å². The summed E-state index contributed by atoms with van der Waals surface area (Å²) in [4.78, 5) is 31.0. The minimum atomic E-state index is -0.241. The molecule has 0 spiro atoms. The van der Waals surface area contributed by atoms with Gasteiger partial charge in [0.1, 0.15) is 6.10 Å². The average Bonchev–Trinajstić information content (AvgIpc) is 3.20. The predicted molar refractivity (Wildman–Crippen MR) is 99.7 cm³/mol. The number of carbonyl (C=O) groups is 2. The van der Waals surface area contributed by atoms with Gasteiger partial charge in [0.25, 0.3) is 5.91 Å². The lowest BCUT2D eigenvalue weighted by molar-refractivity contribution is 0.0362. The van der Waals surface area contributed by atoms with Gasteiger partial charge in [-0.25, -0.2) is 4.79 Å². The highest BCUT2D eigenvalue weighted by Gasteiger charge is 2.48. The average molecular weight is 373 g/mol. The molecular formula is C20H27N3O4. The van der Waals surface area contributed by atoms with E-state index in [0.717, 1.165) is 44.8 Å². The van der Waals surface area contributed by atoms with Gasteiger partial charge in [0.15, 0.2) is 0 Å². The fraction of sp³-hybridized carbons (Fsp3) is 0.600. The summed E-state index contributed by atoms with van der Waals surface area (Å²) in [7, 11) is 0. The molecule has 0 aromatic heterocycles. The molecule has 0 unspecified atom stereocenters. The van der Waals surface area contributed by atoms with Gasteiger partial charge in [0, 0.05) is 38.3 Å². The van der Waals surface area contributed by atoms with Crippen LogP contribution >= 0.6 is 0 Å². The van der Waals surface area contributed by atoms with Crippen molar-refractivity contribution in [2.75, 3.05) is 52.5 Å². The van der Waals surface area contributed by atoms with Gasteiger partial charge in [-0.05, 0) is 25.5 Å². The molecule has 0 radical (unpaired) electrons. The third kappa shape index (κ3) is 3.94. The van der Waals surface area contributed by atoms with E-state index in [4.69, 9.17) is 9.47 Å². The molecule has 0 bridgehead atoms. The Labute approximate surface area is 159 Å². The molecule has 3 fully saturated rings. The smallest absolute Gasteiger partial charge is 0.410 e. The molecule has 2 atom stereocenters. The van der Waals surface area contributed by atoms with Crippen LogP contribution < -0.4 is 0 Å². The first-order valence-electron chi connectivity index (χ1n) is 9.75. The van der Waals surface area contributed by atoms with Gasteiger partial charge in [-0.15, -0.1) is 0 Å². The Hall–Kier alpha value is -2.12. The number of carbonyl (C=O) groups excluding carboxylic acids is 2. The van der Waals surface area contributed by atoms with E-state index in [1.807, 2.05) is 41.0 Å². The van der Waals surface area contributed by atoms with Crippen LogP contribution in [0.25, 0.3) is 0 Å². The summed E-state index contributed by atoms with van der Waals surface area (Å²) >= 11 is 0. The lowest BCUT2D eigenvalue weighted by Crippen LogP contribution is -2.42. The van der Waals surface area contributed by atoms with Crippen molar-refractivity contribution >= 4 is 12.0 Å².